The molecule has 8 heteroatoms. The highest BCUT2D eigenvalue weighted by atomic mass is 16.5. The van der Waals surface area contributed by atoms with Crippen molar-refractivity contribution in [2.45, 2.75) is 52.4 Å². The molecular formula is C16H26N4O4. The lowest BCUT2D eigenvalue weighted by molar-refractivity contribution is -0.143. The first-order valence-electron chi connectivity index (χ1n) is 8.03. The number of nitrogens with one attached hydrogen (secondary N) is 1. The van der Waals surface area contributed by atoms with Crippen LogP contribution >= 0.6 is 0 Å². The van der Waals surface area contributed by atoms with Gasteiger partial charge < -0.3 is 9.64 Å². The minimum atomic E-state index is -0.746. The molecule has 134 valence electrons. The van der Waals surface area contributed by atoms with Gasteiger partial charge in [-0.1, -0.05) is 20.4 Å². The zero-order valence-electron chi connectivity index (χ0n) is 15.1. The van der Waals surface area contributed by atoms with Gasteiger partial charge in [0.15, 0.2) is 0 Å². The molecule has 1 aliphatic rings. The van der Waals surface area contributed by atoms with Gasteiger partial charge in [0.25, 0.3) is 5.91 Å². The van der Waals surface area contributed by atoms with Crippen molar-refractivity contribution in [2.75, 3.05) is 6.61 Å². The molecule has 0 bridgehead atoms. The van der Waals surface area contributed by atoms with E-state index in [9.17, 15) is 14.4 Å². The minimum absolute atomic E-state index is 0.0667. The van der Waals surface area contributed by atoms with Gasteiger partial charge in [-0.15, -0.1) is 0 Å². The predicted molar refractivity (Wildman–Crippen MR) is 89.6 cm³/mol. The highest BCUT2D eigenvalue weighted by molar-refractivity contribution is 5.94. The predicted octanol–water partition coefficient (Wildman–Crippen LogP) is 0.612. The van der Waals surface area contributed by atoms with Crippen LogP contribution in [0.25, 0.3) is 0 Å². The highest BCUT2D eigenvalue weighted by Gasteiger charge is 2.46. The van der Waals surface area contributed by atoms with Crippen molar-refractivity contribution in [3.8, 4) is 0 Å². The number of rotatable bonds is 4. The Hall–Kier alpha value is -2.09. The highest BCUT2D eigenvalue weighted by Crippen LogP contribution is 2.33. The van der Waals surface area contributed by atoms with E-state index >= 15 is 0 Å². The number of hydrogen-bond donors (Lipinski definition) is 1. The van der Waals surface area contributed by atoms with Crippen molar-refractivity contribution < 1.29 is 9.53 Å². The Labute approximate surface area is 140 Å². The first-order chi connectivity index (χ1) is 11.0. The fourth-order valence-corrected chi connectivity index (χ4v) is 2.94. The molecule has 1 saturated heterocycles. The van der Waals surface area contributed by atoms with Gasteiger partial charge in [-0.25, -0.2) is 23.9 Å². The van der Waals surface area contributed by atoms with E-state index in [1.165, 1.54) is 7.05 Å². The van der Waals surface area contributed by atoms with Crippen molar-refractivity contribution in [3.63, 3.8) is 0 Å². The van der Waals surface area contributed by atoms with Crippen LogP contribution in [0.2, 0.25) is 0 Å². The maximum Gasteiger partial charge on any atom is 0.347 e. The molecule has 0 radical (unpaired) electrons. The summed E-state index contributed by atoms with van der Waals surface area (Å²) in [6.07, 6.45) is 0. The molecule has 24 heavy (non-hydrogen) atoms. The second-order valence-corrected chi connectivity index (χ2v) is 7.07. The summed E-state index contributed by atoms with van der Waals surface area (Å²) in [4.78, 5) is 38.4. The molecule has 1 aromatic rings. The Kier molecular flexibility index (Phi) is 4.63. The summed E-state index contributed by atoms with van der Waals surface area (Å²) in [5, 5.41) is 2.44. The van der Waals surface area contributed by atoms with Crippen LogP contribution in [0.3, 0.4) is 0 Å². The van der Waals surface area contributed by atoms with Gasteiger partial charge in [0.2, 0.25) is 0 Å². The molecule has 2 atom stereocenters. The standard InChI is InChI=1S/C16H26N4O4/c1-9(2)12-8-24-16(5,6)19(12)13(21)10(3)11(4)20-15(23)18(7)14(22)17-20/h9,11-12H,3,8H2,1-2,4-7H3,(H,17,22)/t11-,12+/m0/s1. The van der Waals surface area contributed by atoms with Crippen LogP contribution < -0.4 is 11.4 Å². The molecule has 1 fully saturated rings. The van der Waals surface area contributed by atoms with Crippen LogP contribution in [0.4, 0.5) is 0 Å². The fourth-order valence-electron chi connectivity index (χ4n) is 2.94. The summed E-state index contributed by atoms with van der Waals surface area (Å²) in [6.45, 7) is 13.7. The Morgan fingerprint density at radius 2 is 1.92 bits per heavy atom. The Bertz CT molecular complexity index is 768. The Morgan fingerprint density at radius 1 is 1.33 bits per heavy atom. The van der Waals surface area contributed by atoms with Crippen molar-refractivity contribution in [1.82, 2.24) is 19.2 Å². The smallest absolute Gasteiger partial charge is 0.347 e. The van der Waals surface area contributed by atoms with Crippen LogP contribution in [0.5, 0.6) is 0 Å². The first kappa shape index (κ1) is 18.3. The molecule has 0 spiro atoms. The van der Waals surface area contributed by atoms with Crippen molar-refractivity contribution in [2.24, 2.45) is 13.0 Å². The second-order valence-electron chi connectivity index (χ2n) is 7.07. The molecule has 1 aromatic heterocycles. The van der Waals surface area contributed by atoms with Gasteiger partial charge in [-0.05, 0) is 26.7 Å². The maximum absolute atomic E-state index is 13.0. The third kappa shape index (κ3) is 2.86. The van der Waals surface area contributed by atoms with Gasteiger partial charge >= 0.3 is 11.4 Å². The minimum Gasteiger partial charge on any atom is -0.354 e. The van der Waals surface area contributed by atoms with E-state index in [1.807, 2.05) is 27.7 Å². The average Bonchev–Trinajstić information content (AvgIpc) is 2.96. The topological polar surface area (TPSA) is 89.3 Å². The van der Waals surface area contributed by atoms with Gasteiger partial charge in [0.05, 0.1) is 18.7 Å². The van der Waals surface area contributed by atoms with E-state index in [1.54, 1.807) is 11.8 Å². The molecule has 8 nitrogen and oxygen atoms in total. The summed E-state index contributed by atoms with van der Waals surface area (Å²) < 4.78 is 7.84. The lowest BCUT2D eigenvalue weighted by Gasteiger charge is -2.36. The summed E-state index contributed by atoms with van der Waals surface area (Å²) >= 11 is 0. The number of hydrogen-bond acceptors (Lipinski definition) is 4. The zero-order valence-corrected chi connectivity index (χ0v) is 15.1. The number of nitrogens with zero attached hydrogens (tertiary/aromatic N) is 3. The number of H-pyrrole nitrogens is 1. The van der Waals surface area contributed by atoms with E-state index in [4.69, 9.17) is 4.74 Å². The molecule has 0 aromatic carbocycles. The van der Waals surface area contributed by atoms with E-state index in [-0.39, 0.29) is 23.4 Å². The van der Waals surface area contributed by atoms with Gasteiger partial charge in [-0.2, -0.15) is 0 Å². The Morgan fingerprint density at radius 3 is 2.38 bits per heavy atom. The number of amides is 1. The maximum atomic E-state index is 13.0. The molecule has 0 unspecified atom stereocenters. The monoisotopic (exact) mass is 338 g/mol. The number of carbonyl (C=O) groups is 1. The van der Waals surface area contributed by atoms with Gasteiger partial charge in [0, 0.05) is 12.6 Å². The van der Waals surface area contributed by atoms with E-state index in [0.717, 1.165) is 9.25 Å². The number of aromatic nitrogens is 3. The third-order valence-electron chi connectivity index (χ3n) is 4.69. The molecule has 0 saturated carbocycles. The van der Waals surface area contributed by atoms with Gasteiger partial charge in [-0.3, -0.25) is 4.79 Å². The van der Waals surface area contributed by atoms with E-state index < -0.39 is 23.1 Å². The lowest BCUT2D eigenvalue weighted by Crippen LogP contribution is -2.50. The molecule has 1 aliphatic heterocycles. The largest absolute Gasteiger partial charge is 0.354 e. The first-order valence-corrected chi connectivity index (χ1v) is 8.03. The summed E-state index contributed by atoms with van der Waals surface area (Å²) in [7, 11) is 1.38. The number of aromatic amines is 1. The molecule has 1 N–H and O–H groups in total. The lowest BCUT2D eigenvalue weighted by atomic mass is 10.0. The molecule has 1 amide bonds. The fraction of sp³-hybridized carbons (Fsp3) is 0.688. The molecular weight excluding hydrogens is 312 g/mol. The SMILES string of the molecule is C=C(C(=O)N1[C@@H](C(C)C)COC1(C)C)[C@H](C)n1[nH]c(=O)n(C)c1=O. The third-order valence-corrected chi connectivity index (χ3v) is 4.69. The quantitative estimate of drug-likeness (QED) is 0.815. The molecule has 2 rings (SSSR count). The van der Waals surface area contributed by atoms with E-state index in [2.05, 4.69) is 11.7 Å². The number of carbonyl (C=O) groups excluding carboxylic acids is 1. The Balaban J connectivity index is 2.34. The molecule has 2 heterocycles. The normalized spacial score (nSPS) is 21.3. The zero-order chi connectivity index (χ0) is 18.4. The number of ether oxygens (including phenoxy) is 1. The summed E-state index contributed by atoms with van der Waals surface area (Å²) in [5.74, 6) is -0.0570. The van der Waals surface area contributed by atoms with Crippen molar-refractivity contribution in [1.29, 1.82) is 0 Å². The van der Waals surface area contributed by atoms with Crippen molar-refractivity contribution >= 4 is 5.91 Å². The summed E-state index contributed by atoms with van der Waals surface area (Å²) in [5.41, 5.74) is -1.57. The second kappa shape index (κ2) is 6.08. The van der Waals surface area contributed by atoms with Crippen LogP contribution in [0, 0.1) is 5.92 Å². The van der Waals surface area contributed by atoms with Crippen LogP contribution in [-0.2, 0) is 16.6 Å². The van der Waals surface area contributed by atoms with Crippen molar-refractivity contribution in [3.05, 3.63) is 33.1 Å². The average molecular weight is 338 g/mol. The van der Waals surface area contributed by atoms with E-state index in [0.29, 0.717) is 6.61 Å². The van der Waals surface area contributed by atoms with Crippen LogP contribution in [0.1, 0.15) is 40.7 Å². The molecule has 0 aliphatic carbocycles. The van der Waals surface area contributed by atoms with Crippen LogP contribution in [-0.4, -0.2) is 43.5 Å². The van der Waals surface area contributed by atoms with Crippen LogP contribution in [0.15, 0.2) is 21.7 Å². The van der Waals surface area contributed by atoms with Gasteiger partial charge in [0.1, 0.15) is 5.72 Å². The summed E-state index contributed by atoms with van der Waals surface area (Å²) in [6, 6.07) is -0.730.